The van der Waals surface area contributed by atoms with Gasteiger partial charge in [-0.25, -0.2) is 21.9 Å². The molecule has 0 radical (unpaired) electrons. The second-order valence-corrected chi connectivity index (χ2v) is 10.1. The standard InChI is InChI=1S/C22H24F2N2O4S/c1-31(29,30)25-12-14-9-10-26(14)21(28)22(13-27)11-17(22)15-5-2-3-6-16(15)20-18(23)7-4-8-19(20)24/h2-8,14,17,25,27H,9-13H2,1H3/t14-,17?,22?/m0/s1. The minimum atomic E-state index is -3.38. The third kappa shape index (κ3) is 3.97. The summed E-state index contributed by atoms with van der Waals surface area (Å²) in [6, 6.07) is 10.2. The Labute approximate surface area is 179 Å². The van der Waals surface area contributed by atoms with Crippen LogP contribution < -0.4 is 4.72 Å². The summed E-state index contributed by atoms with van der Waals surface area (Å²) in [5.41, 5.74) is -0.240. The van der Waals surface area contributed by atoms with Crippen molar-refractivity contribution in [1.82, 2.24) is 9.62 Å². The Hall–Kier alpha value is -2.36. The van der Waals surface area contributed by atoms with E-state index in [1.165, 1.54) is 18.2 Å². The van der Waals surface area contributed by atoms with Crippen LogP contribution in [0.3, 0.4) is 0 Å². The maximum absolute atomic E-state index is 14.4. The van der Waals surface area contributed by atoms with Crippen LogP contribution in [0, 0.1) is 17.0 Å². The monoisotopic (exact) mass is 450 g/mol. The van der Waals surface area contributed by atoms with Crippen molar-refractivity contribution in [1.29, 1.82) is 0 Å². The van der Waals surface area contributed by atoms with Gasteiger partial charge in [-0.1, -0.05) is 30.3 Å². The second-order valence-electron chi connectivity index (χ2n) is 8.32. The summed E-state index contributed by atoms with van der Waals surface area (Å²) in [7, 11) is -3.38. The number of benzene rings is 2. The van der Waals surface area contributed by atoms with Gasteiger partial charge < -0.3 is 10.0 Å². The van der Waals surface area contributed by atoms with Crippen LogP contribution in [0.15, 0.2) is 42.5 Å². The first-order valence-electron chi connectivity index (χ1n) is 10.1. The summed E-state index contributed by atoms with van der Waals surface area (Å²) < 4.78 is 54.0. The molecule has 1 heterocycles. The molecule has 2 aromatic carbocycles. The molecule has 2 aliphatic rings. The minimum Gasteiger partial charge on any atom is -0.395 e. The van der Waals surface area contributed by atoms with Crippen molar-refractivity contribution in [3.63, 3.8) is 0 Å². The van der Waals surface area contributed by atoms with E-state index >= 15 is 0 Å². The van der Waals surface area contributed by atoms with E-state index in [0.717, 1.165) is 6.26 Å². The highest BCUT2D eigenvalue weighted by atomic mass is 32.2. The fraction of sp³-hybridized carbons (Fsp3) is 0.409. The van der Waals surface area contributed by atoms with Gasteiger partial charge in [0.1, 0.15) is 11.6 Å². The van der Waals surface area contributed by atoms with E-state index in [1.54, 1.807) is 29.2 Å². The van der Waals surface area contributed by atoms with Gasteiger partial charge in [0.05, 0.1) is 23.8 Å². The van der Waals surface area contributed by atoms with E-state index in [2.05, 4.69) is 4.72 Å². The number of nitrogens with zero attached hydrogens (tertiary/aromatic N) is 1. The van der Waals surface area contributed by atoms with Gasteiger partial charge in [0, 0.05) is 25.0 Å². The summed E-state index contributed by atoms with van der Waals surface area (Å²) in [5.74, 6) is -2.02. The van der Waals surface area contributed by atoms with Gasteiger partial charge in [0.25, 0.3) is 0 Å². The molecule has 1 saturated heterocycles. The molecular weight excluding hydrogens is 426 g/mol. The van der Waals surface area contributed by atoms with E-state index in [1.807, 2.05) is 0 Å². The summed E-state index contributed by atoms with van der Waals surface area (Å²) in [5, 5.41) is 10.1. The zero-order valence-corrected chi connectivity index (χ0v) is 17.8. The molecule has 3 atom stereocenters. The highest BCUT2D eigenvalue weighted by molar-refractivity contribution is 7.88. The van der Waals surface area contributed by atoms with Crippen LogP contribution in [0.1, 0.15) is 24.3 Å². The number of likely N-dealkylation sites (tertiary alicyclic amines) is 1. The summed E-state index contributed by atoms with van der Waals surface area (Å²) >= 11 is 0. The Bertz CT molecular complexity index is 1100. The third-order valence-corrected chi connectivity index (χ3v) is 7.03. The van der Waals surface area contributed by atoms with Crippen LogP contribution in [-0.2, 0) is 14.8 Å². The lowest BCUT2D eigenvalue weighted by molar-refractivity contribution is -0.146. The van der Waals surface area contributed by atoms with Gasteiger partial charge in [-0.15, -0.1) is 0 Å². The topological polar surface area (TPSA) is 86.7 Å². The first kappa shape index (κ1) is 21.9. The average molecular weight is 451 g/mol. The molecule has 0 bridgehead atoms. The maximum Gasteiger partial charge on any atom is 0.232 e. The van der Waals surface area contributed by atoms with E-state index in [0.29, 0.717) is 30.5 Å². The van der Waals surface area contributed by atoms with Crippen molar-refractivity contribution < 1.29 is 27.1 Å². The first-order valence-corrected chi connectivity index (χ1v) is 12.0. The van der Waals surface area contributed by atoms with E-state index in [-0.39, 0.29) is 30.0 Å². The van der Waals surface area contributed by atoms with Crippen molar-refractivity contribution in [2.45, 2.75) is 24.8 Å². The van der Waals surface area contributed by atoms with Crippen LogP contribution >= 0.6 is 0 Å². The number of rotatable bonds is 7. The molecule has 31 heavy (non-hydrogen) atoms. The molecule has 4 rings (SSSR count). The third-order valence-electron chi connectivity index (χ3n) is 6.34. The van der Waals surface area contributed by atoms with E-state index in [4.69, 9.17) is 0 Å². The van der Waals surface area contributed by atoms with Crippen LogP contribution in [-0.4, -0.2) is 56.3 Å². The number of amides is 1. The Morgan fingerprint density at radius 1 is 1.19 bits per heavy atom. The molecule has 1 amide bonds. The van der Waals surface area contributed by atoms with Crippen molar-refractivity contribution in [3.8, 4) is 11.1 Å². The van der Waals surface area contributed by atoms with E-state index in [9.17, 15) is 27.1 Å². The molecule has 1 aliphatic heterocycles. The Kier molecular flexibility index (Phi) is 5.61. The Morgan fingerprint density at radius 3 is 2.45 bits per heavy atom. The zero-order valence-electron chi connectivity index (χ0n) is 17.0. The zero-order chi connectivity index (χ0) is 22.4. The lowest BCUT2D eigenvalue weighted by Gasteiger charge is -2.43. The van der Waals surface area contributed by atoms with Gasteiger partial charge in [0.2, 0.25) is 15.9 Å². The van der Waals surface area contributed by atoms with Crippen molar-refractivity contribution in [2.75, 3.05) is 26.0 Å². The fourth-order valence-corrected chi connectivity index (χ4v) is 4.92. The first-order chi connectivity index (χ1) is 14.7. The predicted octanol–water partition coefficient (Wildman–Crippen LogP) is 2.25. The molecule has 1 saturated carbocycles. The molecule has 2 aromatic rings. The van der Waals surface area contributed by atoms with Gasteiger partial charge in [0.15, 0.2) is 0 Å². The van der Waals surface area contributed by atoms with Crippen LogP contribution in [0.4, 0.5) is 8.78 Å². The molecule has 2 unspecified atom stereocenters. The lowest BCUT2D eigenvalue weighted by atomic mass is 9.90. The number of nitrogens with one attached hydrogen (secondary N) is 1. The van der Waals surface area contributed by atoms with E-state index < -0.39 is 33.7 Å². The largest absolute Gasteiger partial charge is 0.395 e. The Balaban J connectivity index is 1.60. The van der Waals surface area contributed by atoms with Crippen molar-refractivity contribution in [3.05, 3.63) is 59.7 Å². The predicted molar refractivity (Wildman–Crippen MR) is 112 cm³/mol. The second kappa shape index (κ2) is 7.96. The molecule has 9 heteroatoms. The lowest BCUT2D eigenvalue weighted by Crippen LogP contribution is -2.58. The molecule has 6 nitrogen and oxygen atoms in total. The molecule has 1 aliphatic carbocycles. The quantitative estimate of drug-likeness (QED) is 0.678. The average Bonchev–Trinajstić information content (AvgIpc) is 3.42. The van der Waals surface area contributed by atoms with Crippen LogP contribution in [0.25, 0.3) is 11.1 Å². The van der Waals surface area contributed by atoms with Crippen molar-refractivity contribution >= 4 is 15.9 Å². The van der Waals surface area contributed by atoms with Gasteiger partial charge in [-0.2, -0.15) is 0 Å². The molecule has 0 aromatic heterocycles. The summed E-state index contributed by atoms with van der Waals surface area (Å²) in [6.07, 6.45) is 2.08. The molecular formula is C22H24F2N2O4S. The van der Waals surface area contributed by atoms with Crippen LogP contribution in [0.2, 0.25) is 0 Å². The number of sulfonamides is 1. The number of carbonyl (C=O) groups excluding carboxylic acids is 1. The van der Waals surface area contributed by atoms with Crippen molar-refractivity contribution in [2.24, 2.45) is 5.41 Å². The number of aliphatic hydroxyl groups excluding tert-OH is 1. The normalized spacial score (nSPS) is 25.2. The smallest absolute Gasteiger partial charge is 0.232 e. The number of aliphatic hydroxyl groups is 1. The number of hydrogen-bond donors (Lipinski definition) is 2. The summed E-state index contributed by atoms with van der Waals surface area (Å²) in [4.78, 5) is 14.9. The molecule has 166 valence electrons. The maximum atomic E-state index is 14.4. The minimum absolute atomic E-state index is 0.119. The molecule has 2 fully saturated rings. The highest BCUT2D eigenvalue weighted by Gasteiger charge is 2.63. The number of carbonyl (C=O) groups is 1. The number of hydrogen-bond acceptors (Lipinski definition) is 4. The number of halogens is 2. The summed E-state index contributed by atoms with van der Waals surface area (Å²) in [6.45, 7) is 0.202. The Morgan fingerprint density at radius 2 is 1.87 bits per heavy atom. The molecule has 2 N–H and O–H groups in total. The molecule has 0 spiro atoms. The van der Waals surface area contributed by atoms with Gasteiger partial charge >= 0.3 is 0 Å². The highest BCUT2D eigenvalue weighted by Crippen LogP contribution is 2.62. The SMILES string of the molecule is CS(=O)(=O)NC[C@@H]1CCN1C(=O)C1(CO)CC1c1ccccc1-c1c(F)cccc1F. The van der Waals surface area contributed by atoms with Gasteiger partial charge in [-0.05, 0) is 36.1 Å². The van der Waals surface area contributed by atoms with Gasteiger partial charge in [-0.3, -0.25) is 4.79 Å². The fourth-order valence-electron chi connectivity index (χ4n) is 4.43. The van der Waals surface area contributed by atoms with Crippen LogP contribution in [0.5, 0.6) is 0 Å².